The smallest absolute Gasteiger partial charge is 0.197 e. The van der Waals surface area contributed by atoms with Crippen molar-refractivity contribution in [2.45, 2.75) is 27.3 Å². The van der Waals surface area contributed by atoms with Gasteiger partial charge in [-0.2, -0.15) is 0 Å². The van der Waals surface area contributed by atoms with Crippen LogP contribution in [0.15, 0.2) is 6.20 Å². The first kappa shape index (κ1) is 12.4. The largest absolute Gasteiger partial charge is 0.300 e. The number of aromatic nitrogens is 1. The van der Waals surface area contributed by atoms with Crippen LogP contribution in [0.1, 0.15) is 25.6 Å². The van der Waals surface area contributed by atoms with Crippen LogP contribution in [0.5, 0.6) is 0 Å². The lowest BCUT2D eigenvalue weighted by molar-refractivity contribution is 0.250. The Labute approximate surface area is 95.5 Å². The summed E-state index contributed by atoms with van der Waals surface area (Å²) in [6.07, 6.45) is 1.89. The fraction of sp³-hybridized carbons (Fsp3) is 0.700. The van der Waals surface area contributed by atoms with Gasteiger partial charge in [-0.05, 0) is 12.5 Å². The molecule has 0 aromatic carbocycles. The SMILES string of the molecule is CCN(Cc1cnc(NN)s1)CC(C)C. The summed E-state index contributed by atoms with van der Waals surface area (Å²) in [5.74, 6) is 5.99. The molecule has 1 rings (SSSR count). The third-order valence-electron chi connectivity index (χ3n) is 2.13. The van der Waals surface area contributed by atoms with E-state index in [-0.39, 0.29) is 0 Å². The van der Waals surface area contributed by atoms with Gasteiger partial charge in [-0.25, -0.2) is 10.8 Å². The standard InChI is InChI=1S/C10H20N4S/c1-4-14(6-8(2)3)7-9-5-12-10(13-11)15-9/h5,8H,4,6-7,11H2,1-3H3,(H,12,13). The van der Waals surface area contributed by atoms with E-state index < -0.39 is 0 Å². The Balaban J connectivity index is 2.50. The average molecular weight is 228 g/mol. The number of hydrogen-bond donors (Lipinski definition) is 2. The zero-order valence-electron chi connectivity index (χ0n) is 9.66. The second-order valence-corrected chi connectivity index (χ2v) is 5.11. The molecule has 0 saturated carbocycles. The second-order valence-electron chi connectivity index (χ2n) is 4.00. The minimum Gasteiger partial charge on any atom is -0.300 e. The second kappa shape index (κ2) is 6.05. The van der Waals surface area contributed by atoms with Gasteiger partial charge >= 0.3 is 0 Å². The maximum absolute atomic E-state index is 5.29. The number of nitrogens with two attached hydrogens (primary N) is 1. The quantitative estimate of drug-likeness (QED) is 0.577. The van der Waals surface area contributed by atoms with Crippen LogP contribution in [-0.2, 0) is 6.54 Å². The van der Waals surface area contributed by atoms with Crippen molar-refractivity contribution in [3.63, 3.8) is 0 Å². The van der Waals surface area contributed by atoms with Crippen LogP contribution in [0.2, 0.25) is 0 Å². The summed E-state index contributed by atoms with van der Waals surface area (Å²) in [7, 11) is 0. The highest BCUT2D eigenvalue weighted by molar-refractivity contribution is 7.15. The molecule has 1 aromatic heterocycles. The van der Waals surface area contributed by atoms with Crippen molar-refractivity contribution in [1.29, 1.82) is 0 Å². The van der Waals surface area contributed by atoms with E-state index in [2.05, 4.69) is 36.1 Å². The molecule has 0 saturated heterocycles. The molecular weight excluding hydrogens is 208 g/mol. The first-order valence-corrected chi connectivity index (χ1v) is 6.11. The minimum atomic E-state index is 0.699. The number of thiazole rings is 1. The van der Waals surface area contributed by atoms with Gasteiger partial charge in [0.05, 0.1) is 0 Å². The van der Waals surface area contributed by atoms with Gasteiger partial charge in [0.15, 0.2) is 5.13 Å². The van der Waals surface area contributed by atoms with Crippen molar-refractivity contribution in [1.82, 2.24) is 9.88 Å². The molecule has 0 aliphatic rings. The lowest BCUT2D eigenvalue weighted by Crippen LogP contribution is -2.26. The maximum atomic E-state index is 5.29. The minimum absolute atomic E-state index is 0.699. The van der Waals surface area contributed by atoms with Crippen molar-refractivity contribution in [3.05, 3.63) is 11.1 Å². The molecule has 0 unspecified atom stereocenters. The molecule has 0 amide bonds. The summed E-state index contributed by atoms with van der Waals surface area (Å²) >= 11 is 1.61. The normalized spacial score (nSPS) is 11.3. The van der Waals surface area contributed by atoms with E-state index in [1.54, 1.807) is 11.3 Å². The van der Waals surface area contributed by atoms with Crippen molar-refractivity contribution in [2.24, 2.45) is 11.8 Å². The lowest BCUT2D eigenvalue weighted by atomic mass is 10.2. The monoisotopic (exact) mass is 228 g/mol. The summed E-state index contributed by atoms with van der Waals surface area (Å²) in [6, 6.07) is 0. The third kappa shape index (κ3) is 4.15. The molecule has 3 N–H and O–H groups in total. The highest BCUT2D eigenvalue weighted by Crippen LogP contribution is 2.18. The molecule has 86 valence electrons. The molecule has 15 heavy (non-hydrogen) atoms. The molecule has 0 aliphatic carbocycles. The van der Waals surface area contributed by atoms with Crippen molar-refractivity contribution < 1.29 is 0 Å². The van der Waals surface area contributed by atoms with Crippen LogP contribution < -0.4 is 11.3 Å². The number of nitrogen functional groups attached to an aromatic ring is 1. The van der Waals surface area contributed by atoms with Crippen LogP contribution in [0.4, 0.5) is 5.13 Å². The summed E-state index contributed by atoms with van der Waals surface area (Å²) < 4.78 is 0. The first-order chi connectivity index (χ1) is 7.15. The number of hydrazine groups is 1. The fourth-order valence-electron chi connectivity index (χ4n) is 1.49. The number of hydrogen-bond acceptors (Lipinski definition) is 5. The fourth-order valence-corrected chi connectivity index (χ4v) is 2.25. The number of anilines is 1. The maximum Gasteiger partial charge on any atom is 0.197 e. The van der Waals surface area contributed by atoms with Gasteiger partial charge in [0.2, 0.25) is 0 Å². The van der Waals surface area contributed by atoms with Gasteiger partial charge in [-0.3, -0.25) is 10.3 Å². The Morgan fingerprint density at radius 2 is 2.33 bits per heavy atom. The molecule has 0 atom stereocenters. The number of nitrogens with one attached hydrogen (secondary N) is 1. The van der Waals surface area contributed by atoms with Gasteiger partial charge < -0.3 is 0 Å². The Hall–Kier alpha value is -0.650. The molecule has 0 spiro atoms. The highest BCUT2D eigenvalue weighted by atomic mass is 32.1. The van der Waals surface area contributed by atoms with Crippen LogP contribution in [-0.4, -0.2) is 23.0 Å². The van der Waals surface area contributed by atoms with Crippen LogP contribution >= 0.6 is 11.3 Å². The zero-order valence-corrected chi connectivity index (χ0v) is 10.5. The predicted molar refractivity (Wildman–Crippen MR) is 65.7 cm³/mol. The van der Waals surface area contributed by atoms with E-state index >= 15 is 0 Å². The van der Waals surface area contributed by atoms with Crippen molar-refractivity contribution in [2.75, 3.05) is 18.5 Å². The van der Waals surface area contributed by atoms with Crippen molar-refractivity contribution >= 4 is 16.5 Å². The van der Waals surface area contributed by atoms with Gasteiger partial charge in [0.1, 0.15) is 0 Å². The van der Waals surface area contributed by atoms with E-state index in [1.165, 1.54) is 4.88 Å². The lowest BCUT2D eigenvalue weighted by Gasteiger charge is -2.21. The molecule has 5 heteroatoms. The van der Waals surface area contributed by atoms with Crippen molar-refractivity contribution in [3.8, 4) is 0 Å². The van der Waals surface area contributed by atoms with E-state index in [1.807, 2.05) is 6.20 Å². The average Bonchev–Trinajstić information content (AvgIpc) is 2.64. The summed E-state index contributed by atoms with van der Waals surface area (Å²) in [4.78, 5) is 7.83. The summed E-state index contributed by atoms with van der Waals surface area (Å²) in [6.45, 7) is 9.82. The molecule has 0 bridgehead atoms. The van der Waals surface area contributed by atoms with Gasteiger partial charge in [-0.1, -0.05) is 32.1 Å². The Bertz CT molecular complexity index is 285. The molecular formula is C10H20N4S. The molecule has 1 aromatic rings. The van der Waals surface area contributed by atoms with Gasteiger partial charge in [0, 0.05) is 24.2 Å². The van der Waals surface area contributed by atoms with E-state index in [0.717, 1.165) is 24.8 Å². The Morgan fingerprint density at radius 3 is 2.80 bits per heavy atom. The molecule has 0 aliphatic heterocycles. The Morgan fingerprint density at radius 1 is 1.60 bits per heavy atom. The van der Waals surface area contributed by atoms with Crippen LogP contribution in [0.3, 0.4) is 0 Å². The predicted octanol–water partition coefficient (Wildman–Crippen LogP) is 1.91. The topological polar surface area (TPSA) is 54.2 Å². The van der Waals surface area contributed by atoms with E-state index in [4.69, 9.17) is 5.84 Å². The van der Waals surface area contributed by atoms with E-state index in [9.17, 15) is 0 Å². The van der Waals surface area contributed by atoms with Crippen LogP contribution in [0.25, 0.3) is 0 Å². The molecule has 4 nitrogen and oxygen atoms in total. The number of rotatable bonds is 6. The molecule has 0 radical (unpaired) electrons. The van der Waals surface area contributed by atoms with Crippen LogP contribution in [0, 0.1) is 5.92 Å². The molecule has 1 heterocycles. The third-order valence-corrected chi connectivity index (χ3v) is 3.04. The van der Waals surface area contributed by atoms with Gasteiger partial charge in [-0.15, -0.1) is 0 Å². The highest BCUT2D eigenvalue weighted by Gasteiger charge is 2.08. The van der Waals surface area contributed by atoms with E-state index in [0.29, 0.717) is 5.92 Å². The first-order valence-electron chi connectivity index (χ1n) is 5.29. The summed E-state index contributed by atoms with van der Waals surface area (Å²) in [5.41, 5.74) is 2.57. The Kier molecular flexibility index (Phi) is 5.01. The summed E-state index contributed by atoms with van der Waals surface area (Å²) in [5, 5.41) is 0.783. The number of nitrogens with zero attached hydrogens (tertiary/aromatic N) is 2. The van der Waals surface area contributed by atoms with Gasteiger partial charge in [0.25, 0.3) is 0 Å². The zero-order chi connectivity index (χ0) is 11.3. The molecule has 0 fully saturated rings.